The molecule has 30 heavy (non-hydrogen) atoms. The van der Waals surface area contributed by atoms with Gasteiger partial charge in [0.15, 0.2) is 11.5 Å². The molecule has 0 aliphatic rings. The van der Waals surface area contributed by atoms with Crippen molar-refractivity contribution in [2.45, 2.75) is 26.8 Å². The Hall–Kier alpha value is -2.70. The summed E-state index contributed by atoms with van der Waals surface area (Å²) in [6.07, 6.45) is 2.45. The lowest BCUT2D eigenvalue weighted by atomic mass is 10.2. The van der Waals surface area contributed by atoms with Crippen LogP contribution in [0.15, 0.2) is 48.7 Å². The average molecular weight is 448 g/mol. The second kappa shape index (κ2) is 10.4. The fourth-order valence-corrected chi connectivity index (χ4v) is 3.31. The lowest BCUT2D eigenvalue weighted by Crippen LogP contribution is -2.16. The van der Waals surface area contributed by atoms with Gasteiger partial charge in [-0.3, -0.25) is 4.79 Å². The number of nitrogens with one attached hydrogen (secondary N) is 1. The highest BCUT2D eigenvalue weighted by molar-refractivity contribution is 6.33. The van der Waals surface area contributed by atoms with Crippen molar-refractivity contribution in [2.75, 3.05) is 18.5 Å². The van der Waals surface area contributed by atoms with Crippen molar-refractivity contribution in [1.29, 1.82) is 0 Å². The third kappa shape index (κ3) is 5.26. The molecule has 0 aliphatic carbocycles. The van der Waals surface area contributed by atoms with E-state index in [0.717, 1.165) is 12.0 Å². The quantitative estimate of drug-likeness (QED) is 0.458. The smallest absolute Gasteiger partial charge is 0.257 e. The first-order valence-electron chi connectivity index (χ1n) is 9.69. The van der Waals surface area contributed by atoms with Crippen LogP contribution in [0.3, 0.4) is 0 Å². The van der Waals surface area contributed by atoms with Crippen molar-refractivity contribution in [3.8, 4) is 11.5 Å². The standard InChI is InChI=1S/C22H23Cl2N3O3/c1-3-11-30-21-18(24)12-16(13-19(21)29-4-2)22(28)26-20-9-10-25-27(20)14-15-7-5-6-8-17(15)23/h5-10,12-13H,3-4,11,14H2,1-2H3,(H,26,28). The van der Waals surface area contributed by atoms with Crippen molar-refractivity contribution < 1.29 is 14.3 Å². The summed E-state index contributed by atoms with van der Waals surface area (Å²) in [6, 6.07) is 12.4. The molecule has 8 heteroatoms. The first-order valence-corrected chi connectivity index (χ1v) is 10.4. The number of amides is 1. The third-order valence-electron chi connectivity index (χ3n) is 4.26. The first kappa shape index (κ1) is 22.0. The van der Waals surface area contributed by atoms with Crippen molar-refractivity contribution in [3.05, 3.63) is 69.8 Å². The third-order valence-corrected chi connectivity index (χ3v) is 4.91. The van der Waals surface area contributed by atoms with Crippen LogP contribution in [0.25, 0.3) is 0 Å². The minimum absolute atomic E-state index is 0.323. The van der Waals surface area contributed by atoms with E-state index in [1.165, 1.54) is 0 Å². The highest BCUT2D eigenvalue weighted by Gasteiger charge is 2.18. The van der Waals surface area contributed by atoms with Gasteiger partial charge in [0, 0.05) is 16.7 Å². The van der Waals surface area contributed by atoms with Crippen LogP contribution in [0.2, 0.25) is 10.0 Å². The molecule has 0 unspecified atom stereocenters. The second-order valence-corrected chi connectivity index (χ2v) is 7.30. The maximum atomic E-state index is 12.9. The van der Waals surface area contributed by atoms with Crippen molar-refractivity contribution in [1.82, 2.24) is 9.78 Å². The Labute approximate surface area is 185 Å². The maximum absolute atomic E-state index is 12.9. The Morgan fingerprint density at radius 2 is 1.90 bits per heavy atom. The van der Waals surface area contributed by atoms with Crippen LogP contribution in [0, 0.1) is 0 Å². The number of hydrogen-bond acceptors (Lipinski definition) is 4. The number of anilines is 1. The van der Waals surface area contributed by atoms with Gasteiger partial charge in [-0.2, -0.15) is 5.10 Å². The molecule has 0 saturated heterocycles. The van der Waals surface area contributed by atoms with E-state index >= 15 is 0 Å². The van der Waals surface area contributed by atoms with E-state index in [0.29, 0.717) is 52.7 Å². The Morgan fingerprint density at radius 1 is 1.10 bits per heavy atom. The molecule has 1 amide bonds. The van der Waals surface area contributed by atoms with Gasteiger partial charge in [-0.05, 0) is 37.1 Å². The Morgan fingerprint density at radius 3 is 2.63 bits per heavy atom. The lowest BCUT2D eigenvalue weighted by molar-refractivity contribution is 0.102. The minimum atomic E-state index is -0.333. The van der Waals surface area contributed by atoms with Crippen LogP contribution in [0.5, 0.6) is 11.5 Å². The van der Waals surface area contributed by atoms with Crippen LogP contribution in [-0.4, -0.2) is 28.9 Å². The predicted molar refractivity (Wildman–Crippen MR) is 119 cm³/mol. The minimum Gasteiger partial charge on any atom is -0.490 e. The molecule has 1 heterocycles. The number of rotatable bonds is 9. The monoisotopic (exact) mass is 447 g/mol. The van der Waals surface area contributed by atoms with Crippen LogP contribution < -0.4 is 14.8 Å². The molecule has 0 atom stereocenters. The SMILES string of the molecule is CCCOc1c(Cl)cc(C(=O)Nc2ccnn2Cc2ccccc2Cl)cc1OCC. The number of benzene rings is 2. The first-order chi connectivity index (χ1) is 14.5. The van der Waals surface area contributed by atoms with Gasteiger partial charge in [0.1, 0.15) is 5.82 Å². The summed E-state index contributed by atoms with van der Waals surface area (Å²) in [5.74, 6) is 1.09. The van der Waals surface area contributed by atoms with E-state index < -0.39 is 0 Å². The molecular formula is C22H23Cl2N3O3. The summed E-state index contributed by atoms with van der Waals surface area (Å²) in [5.41, 5.74) is 1.26. The number of carbonyl (C=O) groups is 1. The van der Waals surface area contributed by atoms with Crippen molar-refractivity contribution in [3.63, 3.8) is 0 Å². The largest absolute Gasteiger partial charge is 0.490 e. The number of halogens is 2. The summed E-state index contributed by atoms with van der Waals surface area (Å²) in [6.45, 7) is 5.22. The maximum Gasteiger partial charge on any atom is 0.257 e. The van der Waals surface area contributed by atoms with E-state index in [1.54, 1.807) is 29.1 Å². The van der Waals surface area contributed by atoms with Gasteiger partial charge in [-0.25, -0.2) is 4.68 Å². The van der Waals surface area contributed by atoms with Gasteiger partial charge >= 0.3 is 0 Å². The molecule has 6 nitrogen and oxygen atoms in total. The number of nitrogens with zero attached hydrogens (tertiary/aromatic N) is 2. The molecule has 3 rings (SSSR count). The van der Waals surface area contributed by atoms with Crippen LogP contribution in [-0.2, 0) is 6.54 Å². The van der Waals surface area contributed by atoms with Crippen LogP contribution in [0.1, 0.15) is 36.2 Å². The molecule has 158 valence electrons. The molecule has 1 aromatic heterocycles. The summed E-state index contributed by atoms with van der Waals surface area (Å²) in [4.78, 5) is 12.9. The topological polar surface area (TPSA) is 65.4 Å². The number of aromatic nitrogens is 2. The molecule has 0 bridgehead atoms. The van der Waals surface area contributed by atoms with Gasteiger partial charge in [-0.1, -0.05) is 48.3 Å². The molecule has 0 aliphatic heterocycles. The van der Waals surface area contributed by atoms with Gasteiger partial charge < -0.3 is 14.8 Å². The number of ether oxygens (including phenoxy) is 2. The highest BCUT2D eigenvalue weighted by atomic mass is 35.5. The summed E-state index contributed by atoms with van der Waals surface area (Å²) in [5, 5.41) is 8.12. The van der Waals surface area contributed by atoms with Crippen molar-refractivity contribution >= 4 is 34.9 Å². The number of carbonyl (C=O) groups excluding carboxylic acids is 1. The fraction of sp³-hybridized carbons (Fsp3) is 0.273. The predicted octanol–water partition coefficient (Wildman–Crippen LogP) is 5.68. The zero-order valence-corrected chi connectivity index (χ0v) is 18.3. The molecule has 2 aromatic carbocycles. The molecule has 0 fully saturated rings. The van der Waals surface area contributed by atoms with Crippen LogP contribution >= 0.6 is 23.2 Å². The summed E-state index contributed by atoms with van der Waals surface area (Å²) >= 11 is 12.6. The summed E-state index contributed by atoms with van der Waals surface area (Å²) in [7, 11) is 0. The second-order valence-electron chi connectivity index (χ2n) is 6.49. The van der Waals surface area contributed by atoms with Gasteiger partial charge in [0.25, 0.3) is 5.91 Å². The lowest BCUT2D eigenvalue weighted by Gasteiger charge is -2.15. The normalized spacial score (nSPS) is 10.7. The molecule has 1 N–H and O–H groups in total. The van der Waals surface area contributed by atoms with E-state index in [4.69, 9.17) is 32.7 Å². The summed E-state index contributed by atoms with van der Waals surface area (Å²) < 4.78 is 13.0. The molecule has 0 radical (unpaired) electrons. The van der Waals surface area contributed by atoms with E-state index in [9.17, 15) is 4.79 Å². The van der Waals surface area contributed by atoms with Gasteiger partial charge in [0.2, 0.25) is 0 Å². The highest BCUT2D eigenvalue weighted by Crippen LogP contribution is 2.37. The van der Waals surface area contributed by atoms with E-state index in [-0.39, 0.29) is 5.91 Å². The number of hydrogen-bond donors (Lipinski definition) is 1. The van der Waals surface area contributed by atoms with Crippen LogP contribution in [0.4, 0.5) is 5.82 Å². The average Bonchev–Trinajstić information content (AvgIpc) is 3.15. The molecule has 0 saturated carbocycles. The van der Waals surface area contributed by atoms with Gasteiger partial charge in [-0.15, -0.1) is 0 Å². The van der Waals surface area contributed by atoms with E-state index in [1.807, 2.05) is 38.1 Å². The fourth-order valence-electron chi connectivity index (χ4n) is 2.85. The zero-order valence-electron chi connectivity index (χ0n) is 16.8. The van der Waals surface area contributed by atoms with E-state index in [2.05, 4.69) is 10.4 Å². The Kier molecular flexibility index (Phi) is 7.60. The molecule has 3 aromatic rings. The van der Waals surface area contributed by atoms with Gasteiger partial charge in [0.05, 0.1) is 31.0 Å². The Balaban J connectivity index is 1.81. The zero-order chi connectivity index (χ0) is 21.5. The molecular weight excluding hydrogens is 425 g/mol. The Bertz CT molecular complexity index is 1020. The molecule has 0 spiro atoms. The van der Waals surface area contributed by atoms with Crippen molar-refractivity contribution in [2.24, 2.45) is 0 Å².